The van der Waals surface area contributed by atoms with E-state index in [0.717, 1.165) is 5.69 Å². The number of carbonyl (C=O) groups excluding carboxylic acids is 1. The summed E-state index contributed by atoms with van der Waals surface area (Å²) in [5.74, 6) is 0.269. The summed E-state index contributed by atoms with van der Waals surface area (Å²) in [6, 6.07) is 9.40. The van der Waals surface area contributed by atoms with Gasteiger partial charge in [0.15, 0.2) is 6.73 Å². The van der Waals surface area contributed by atoms with Crippen molar-refractivity contribution in [3.63, 3.8) is 0 Å². The predicted molar refractivity (Wildman–Crippen MR) is 85.0 cm³/mol. The van der Waals surface area contributed by atoms with E-state index in [9.17, 15) is 4.79 Å². The molecular weight excluding hydrogens is 266 g/mol. The molecule has 0 aliphatic heterocycles. The Kier molecular flexibility index (Phi) is 5.96. The average Bonchev–Trinajstić information content (AvgIpc) is 2.37. The van der Waals surface area contributed by atoms with Crippen molar-refractivity contribution in [3.05, 3.63) is 42.1 Å². The fraction of sp³-hybridized carbons (Fsp3) is 0.375. The molecule has 0 saturated heterocycles. The fourth-order valence-corrected chi connectivity index (χ4v) is 1.37. The Morgan fingerprint density at radius 3 is 2.48 bits per heavy atom. The van der Waals surface area contributed by atoms with Crippen LogP contribution in [-0.4, -0.2) is 18.5 Å². The highest BCUT2D eigenvalue weighted by Gasteiger charge is 2.20. The zero-order valence-corrected chi connectivity index (χ0v) is 13.0. The third kappa shape index (κ3) is 6.61. The molecule has 1 rings (SSSR count). The largest absolute Gasteiger partial charge is 0.456 e. The monoisotopic (exact) mass is 289 g/mol. The van der Waals surface area contributed by atoms with Crippen molar-refractivity contribution in [1.82, 2.24) is 5.32 Å². The van der Waals surface area contributed by atoms with Gasteiger partial charge in [0.25, 0.3) is 0 Å². The summed E-state index contributed by atoms with van der Waals surface area (Å²) in [7, 11) is 0. The first-order chi connectivity index (χ1) is 9.79. The van der Waals surface area contributed by atoms with Crippen molar-refractivity contribution in [2.45, 2.75) is 27.7 Å². The number of nitrogens with one attached hydrogen (secondary N) is 1. The average molecular weight is 289 g/mol. The topological polar surface area (TPSA) is 76.7 Å². The number of nitrogens with two attached hydrogens (primary N) is 1. The van der Waals surface area contributed by atoms with Crippen molar-refractivity contribution < 1.29 is 9.53 Å². The summed E-state index contributed by atoms with van der Waals surface area (Å²) in [5.41, 5.74) is 6.53. The molecule has 5 nitrogen and oxygen atoms in total. The molecule has 3 N–H and O–H groups in total. The molecule has 5 heteroatoms. The first-order valence-corrected chi connectivity index (χ1v) is 6.77. The van der Waals surface area contributed by atoms with Crippen LogP contribution in [0.15, 0.2) is 47.1 Å². The number of amides is 1. The summed E-state index contributed by atoms with van der Waals surface area (Å²) in [6.07, 6.45) is 1.62. The van der Waals surface area contributed by atoms with Gasteiger partial charge in [-0.15, -0.1) is 0 Å². The molecule has 0 aliphatic carbocycles. The maximum Gasteiger partial charge on any atom is 0.227 e. The van der Waals surface area contributed by atoms with E-state index in [2.05, 4.69) is 10.3 Å². The highest BCUT2D eigenvalue weighted by Crippen LogP contribution is 2.13. The molecule has 0 heterocycles. The minimum absolute atomic E-state index is 0.0472. The Morgan fingerprint density at radius 1 is 1.33 bits per heavy atom. The highest BCUT2D eigenvalue weighted by molar-refractivity contribution is 5.90. The lowest BCUT2D eigenvalue weighted by molar-refractivity contribution is -0.129. The van der Waals surface area contributed by atoms with Gasteiger partial charge in [-0.05, 0) is 19.1 Å². The minimum Gasteiger partial charge on any atom is -0.456 e. The number of para-hydroxylation sites is 1. The number of ether oxygens (including phenoxy) is 1. The first kappa shape index (κ1) is 16.8. The summed E-state index contributed by atoms with van der Waals surface area (Å²) in [4.78, 5) is 16.1. The van der Waals surface area contributed by atoms with Gasteiger partial charge in [-0.1, -0.05) is 39.0 Å². The molecule has 0 saturated carbocycles. The van der Waals surface area contributed by atoms with Gasteiger partial charge in [-0.25, -0.2) is 4.99 Å². The normalized spacial score (nSPS) is 13.0. The van der Waals surface area contributed by atoms with Crippen molar-refractivity contribution in [2.75, 3.05) is 6.73 Å². The van der Waals surface area contributed by atoms with Crippen molar-refractivity contribution in [1.29, 1.82) is 0 Å². The molecule has 0 radical (unpaired) electrons. The van der Waals surface area contributed by atoms with Crippen LogP contribution in [0.4, 0.5) is 5.69 Å². The third-order valence-corrected chi connectivity index (χ3v) is 2.48. The second kappa shape index (κ2) is 7.47. The summed E-state index contributed by atoms with van der Waals surface area (Å²) >= 11 is 0. The molecule has 0 aliphatic rings. The zero-order valence-electron chi connectivity index (χ0n) is 13.0. The number of aliphatic imine (C=N–C) groups is 1. The first-order valence-electron chi connectivity index (χ1n) is 6.77. The fourth-order valence-electron chi connectivity index (χ4n) is 1.37. The van der Waals surface area contributed by atoms with E-state index in [1.54, 1.807) is 13.0 Å². The molecule has 1 aromatic rings. The highest BCUT2D eigenvalue weighted by atomic mass is 16.5. The Morgan fingerprint density at radius 2 is 1.95 bits per heavy atom. The van der Waals surface area contributed by atoms with Gasteiger partial charge in [-0.2, -0.15) is 0 Å². The van der Waals surface area contributed by atoms with Gasteiger partial charge < -0.3 is 15.8 Å². The second-order valence-electron chi connectivity index (χ2n) is 5.72. The van der Waals surface area contributed by atoms with Crippen LogP contribution in [0.3, 0.4) is 0 Å². The third-order valence-electron chi connectivity index (χ3n) is 2.48. The molecule has 0 unspecified atom stereocenters. The second-order valence-corrected chi connectivity index (χ2v) is 5.72. The van der Waals surface area contributed by atoms with E-state index in [-0.39, 0.29) is 12.6 Å². The number of allylic oxidation sites excluding steroid dienone is 1. The van der Waals surface area contributed by atoms with Crippen molar-refractivity contribution >= 4 is 17.5 Å². The quantitative estimate of drug-likeness (QED) is 0.508. The van der Waals surface area contributed by atoms with Crippen molar-refractivity contribution in [2.24, 2.45) is 16.1 Å². The lowest BCUT2D eigenvalue weighted by atomic mass is 9.96. The molecular formula is C16H23N3O2. The van der Waals surface area contributed by atoms with Crippen LogP contribution in [0.2, 0.25) is 0 Å². The van der Waals surface area contributed by atoms with E-state index in [1.165, 1.54) is 0 Å². The van der Waals surface area contributed by atoms with Gasteiger partial charge in [0.1, 0.15) is 0 Å². The number of nitrogens with zero attached hydrogens (tertiary/aromatic N) is 1. The summed E-state index contributed by atoms with van der Waals surface area (Å²) in [5, 5.41) is 2.70. The molecule has 1 aromatic carbocycles. The van der Waals surface area contributed by atoms with Crippen LogP contribution in [0.1, 0.15) is 27.7 Å². The Labute approximate surface area is 125 Å². The van der Waals surface area contributed by atoms with Gasteiger partial charge in [-0.3, -0.25) is 4.79 Å². The predicted octanol–water partition coefficient (Wildman–Crippen LogP) is 2.72. The van der Waals surface area contributed by atoms with Crippen LogP contribution in [-0.2, 0) is 9.53 Å². The smallest absolute Gasteiger partial charge is 0.227 e. The van der Waals surface area contributed by atoms with Crippen LogP contribution in [0, 0.1) is 5.41 Å². The molecule has 0 atom stereocenters. The molecule has 0 spiro atoms. The maximum atomic E-state index is 11.8. The molecule has 0 bridgehead atoms. The van der Waals surface area contributed by atoms with Gasteiger partial charge in [0.05, 0.1) is 5.69 Å². The Balaban J connectivity index is 2.71. The van der Waals surface area contributed by atoms with E-state index < -0.39 is 5.41 Å². The zero-order chi connectivity index (χ0) is 15.9. The SMILES string of the molecule is CC(N)=CC(=Nc1ccccc1)OCNC(=O)C(C)(C)C. The van der Waals surface area contributed by atoms with E-state index in [0.29, 0.717) is 11.6 Å². The maximum absolute atomic E-state index is 11.8. The number of carbonyl (C=O) groups is 1. The lowest BCUT2D eigenvalue weighted by Crippen LogP contribution is -2.36. The number of hydrogen-bond acceptors (Lipinski definition) is 4. The van der Waals surface area contributed by atoms with Crippen LogP contribution < -0.4 is 11.1 Å². The van der Waals surface area contributed by atoms with Gasteiger partial charge in [0, 0.05) is 17.2 Å². The van der Waals surface area contributed by atoms with Crippen LogP contribution in [0.25, 0.3) is 0 Å². The van der Waals surface area contributed by atoms with Crippen molar-refractivity contribution in [3.8, 4) is 0 Å². The Hall–Kier alpha value is -2.30. The lowest BCUT2D eigenvalue weighted by Gasteiger charge is -2.17. The van der Waals surface area contributed by atoms with E-state index in [1.807, 2.05) is 51.1 Å². The molecule has 21 heavy (non-hydrogen) atoms. The molecule has 114 valence electrons. The summed E-state index contributed by atoms with van der Waals surface area (Å²) in [6.45, 7) is 7.31. The number of benzene rings is 1. The van der Waals surface area contributed by atoms with E-state index >= 15 is 0 Å². The Bertz CT molecular complexity index is 524. The summed E-state index contributed by atoms with van der Waals surface area (Å²) < 4.78 is 5.48. The number of rotatable bonds is 4. The molecule has 0 fully saturated rings. The van der Waals surface area contributed by atoms with Gasteiger partial charge >= 0.3 is 0 Å². The molecule has 1 amide bonds. The molecule has 0 aromatic heterocycles. The van der Waals surface area contributed by atoms with Gasteiger partial charge in [0.2, 0.25) is 11.8 Å². The van der Waals surface area contributed by atoms with E-state index in [4.69, 9.17) is 10.5 Å². The van der Waals surface area contributed by atoms with Crippen LogP contribution in [0.5, 0.6) is 0 Å². The number of hydrogen-bond donors (Lipinski definition) is 2. The minimum atomic E-state index is -0.459. The standard InChI is InChI=1S/C16H23N3O2/c1-12(17)10-14(19-13-8-6-5-7-9-13)21-11-18-15(20)16(2,3)4/h5-10H,11,17H2,1-4H3,(H,18,20). The van der Waals surface area contributed by atoms with Crippen LogP contribution >= 0.6 is 0 Å².